The maximum Gasteiger partial charge on any atom is 0.490 e. The summed E-state index contributed by atoms with van der Waals surface area (Å²) in [6.07, 6.45) is -8.98. The molecule has 2 aliphatic heterocycles. The van der Waals surface area contributed by atoms with Gasteiger partial charge in [-0.15, -0.1) is 0 Å². The lowest BCUT2D eigenvalue weighted by Gasteiger charge is -2.37. The number of likely N-dealkylation sites (N-methyl/N-ethyl adjacent to an activating group) is 1. The number of piperazine rings is 1. The van der Waals surface area contributed by atoms with Crippen LogP contribution in [0.5, 0.6) is 0 Å². The van der Waals surface area contributed by atoms with E-state index >= 15 is 0 Å². The third-order valence-corrected chi connectivity index (χ3v) is 5.42. The first-order valence-corrected chi connectivity index (χ1v) is 11.2. The Morgan fingerprint density at radius 1 is 1.03 bits per heavy atom. The number of carbonyl (C=O) groups excluding carboxylic acids is 1. The molecule has 0 bridgehead atoms. The summed E-state index contributed by atoms with van der Waals surface area (Å²) in [5, 5.41) is 14.2. The zero-order valence-corrected chi connectivity index (χ0v) is 20.9. The monoisotopic (exact) mass is 560 g/mol. The number of hydrogen-bond donors (Lipinski definition) is 2. The molecule has 0 aliphatic carbocycles. The zero-order valence-electron chi connectivity index (χ0n) is 20.9. The molecule has 216 valence electrons. The Bertz CT molecular complexity index is 920. The first-order chi connectivity index (χ1) is 17.4. The van der Waals surface area contributed by atoms with Crippen LogP contribution in [0.4, 0.5) is 26.3 Å². The number of aliphatic carboxylic acids is 2. The first-order valence-electron chi connectivity index (χ1n) is 11.2. The summed E-state index contributed by atoms with van der Waals surface area (Å²) in [4.78, 5) is 40.6. The lowest BCUT2D eigenvalue weighted by atomic mass is 10.1. The minimum atomic E-state index is -5.08. The zero-order chi connectivity index (χ0) is 29.3. The summed E-state index contributed by atoms with van der Waals surface area (Å²) in [6.45, 7) is 7.27. The van der Waals surface area contributed by atoms with E-state index in [0.29, 0.717) is 6.04 Å². The topological polar surface area (TPSA) is 124 Å². The van der Waals surface area contributed by atoms with Crippen molar-refractivity contribution in [1.29, 1.82) is 0 Å². The van der Waals surface area contributed by atoms with Gasteiger partial charge in [0.25, 0.3) is 0 Å². The summed E-state index contributed by atoms with van der Waals surface area (Å²) >= 11 is 0. The van der Waals surface area contributed by atoms with Crippen molar-refractivity contribution in [2.75, 3.05) is 46.9 Å². The molecule has 1 aromatic heterocycles. The molecule has 2 saturated heterocycles. The van der Waals surface area contributed by atoms with Gasteiger partial charge in [0.1, 0.15) is 6.61 Å². The number of amides is 1. The van der Waals surface area contributed by atoms with Gasteiger partial charge in [-0.3, -0.25) is 19.6 Å². The summed E-state index contributed by atoms with van der Waals surface area (Å²) in [5.74, 6) is -5.48. The second-order valence-electron chi connectivity index (χ2n) is 8.72. The maximum absolute atomic E-state index is 11.7. The predicted octanol–water partition coefficient (Wildman–Crippen LogP) is 2.02. The number of aromatic nitrogens is 1. The molecule has 2 atom stereocenters. The second-order valence-corrected chi connectivity index (χ2v) is 8.72. The van der Waals surface area contributed by atoms with Gasteiger partial charge in [-0.25, -0.2) is 9.59 Å². The van der Waals surface area contributed by atoms with E-state index in [1.165, 1.54) is 0 Å². The van der Waals surface area contributed by atoms with E-state index in [9.17, 15) is 31.1 Å². The van der Waals surface area contributed by atoms with Crippen LogP contribution in [0, 0.1) is 6.92 Å². The van der Waals surface area contributed by atoms with Crippen LogP contribution in [0.2, 0.25) is 0 Å². The lowest BCUT2D eigenvalue weighted by molar-refractivity contribution is -0.193. The van der Waals surface area contributed by atoms with Gasteiger partial charge in [0.05, 0.1) is 11.8 Å². The lowest BCUT2D eigenvalue weighted by Crippen LogP contribution is -2.49. The van der Waals surface area contributed by atoms with Crippen molar-refractivity contribution >= 4 is 17.8 Å². The van der Waals surface area contributed by atoms with Gasteiger partial charge < -0.3 is 19.8 Å². The molecule has 3 rings (SSSR count). The molecule has 10 nitrogen and oxygen atoms in total. The van der Waals surface area contributed by atoms with Gasteiger partial charge in [0.2, 0.25) is 5.91 Å². The number of fused-ring (bicyclic) bond motifs is 1. The van der Waals surface area contributed by atoms with E-state index in [1.807, 2.05) is 13.0 Å². The Labute approximate surface area is 214 Å². The van der Waals surface area contributed by atoms with Crippen LogP contribution in [0.1, 0.15) is 17.8 Å². The summed E-state index contributed by atoms with van der Waals surface area (Å²) in [5.41, 5.74) is 2.22. The number of carbonyl (C=O) groups is 3. The van der Waals surface area contributed by atoms with Gasteiger partial charge in [0.15, 0.2) is 0 Å². The molecule has 0 radical (unpaired) electrons. The van der Waals surface area contributed by atoms with Crippen LogP contribution in [-0.4, -0.2) is 119 Å². The number of ether oxygens (including phenoxy) is 1. The van der Waals surface area contributed by atoms with Crippen LogP contribution < -0.4 is 0 Å². The van der Waals surface area contributed by atoms with E-state index in [1.54, 1.807) is 19.0 Å². The van der Waals surface area contributed by atoms with Crippen molar-refractivity contribution in [2.45, 2.75) is 44.4 Å². The highest BCUT2D eigenvalue weighted by Gasteiger charge is 2.39. The number of alkyl halides is 6. The van der Waals surface area contributed by atoms with E-state index in [-0.39, 0.29) is 18.6 Å². The number of carboxylic acids is 2. The smallest absolute Gasteiger partial charge is 0.475 e. The van der Waals surface area contributed by atoms with Crippen molar-refractivity contribution in [3.8, 4) is 0 Å². The fraction of sp³-hybridized carbons (Fsp3) is 0.636. The molecule has 0 unspecified atom stereocenters. The van der Waals surface area contributed by atoms with E-state index in [2.05, 4.69) is 26.9 Å². The van der Waals surface area contributed by atoms with Crippen molar-refractivity contribution in [3.63, 3.8) is 0 Å². The Kier molecular flexibility index (Phi) is 12.4. The van der Waals surface area contributed by atoms with Crippen LogP contribution in [-0.2, 0) is 25.7 Å². The van der Waals surface area contributed by atoms with Gasteiger partial charge in [-0.1, -0.05) is 6.07 Å². The van der Waals surface area contributed by atoms with Crippen LogP contribution in [0.25, 0.3) is 0 Å². The Morgan fingerprint density at radius 3 is 2.05 bits per heavy atom. The highest BCUT2D eigenvalue weighted by atomic mass is 19.4. The van der Waals surface area contributed by atoms with Crippen molar-refractivity contribution in [3.05, 3.63) is 29.6 Å². The summed E-state index contributed by atoms with van der Waals surface area (Å²) in [7, 11) is 3.53. The summed E-state index contributed by atoms with van der Waals surface area (Å²) < 4.78 is 69.3. The number of halogens is 6. The van der Waals surface area contributed by atoms with E-state index in [4.69, 9.17) is 24.5 Å². The van der Waals surface area contributed by atoms with Gasteiger partial charge >= 0.3 is 24.3 Å². The fourth-order valence-electron chi connectivity index (χ4n) is 3.56. The number of carboxylic acid groups (broad SMARTS) is 2. The standard InChI is InChI=1S/C18H28N4O2.2C2HF3O2/c1-14-5-4-6-15(19-14)10-21-7-8-22-12-17(9-16(22)11-21)24-13-18(23)20(2)3;2*3-2(4,5)1(6)7/h4-6,16-17H,7-13H2,1-3H3;2*(H,6,7)/t16-,17+;;/m0../s1. The Balaban J connectivity index is 0.000000426. The van der Waals surface area contributed by atoms with E-state index in [0.717, 1.165) is 50.5 Å². The molecule has 2 aliphatic rings. The predicted molar refractivity (Wildman–Crippen MR) is 120 cm³/mol. The third-order valence-electron chi connectivity index (χ3n) is 5.42. The average molecular weight is 560 g/mol. The summed E-state index contributed by atoms with van der Waals surface area (Å²) in [6, 6.07) is 6.75. The van der Waals surface area contributed by atoms with E-state index < -0.39 is 24.3 Å². The number of aryl methyl sites for hydroxylation is 1. The van der Waals surface area contributed by atoms with Crippen molar-refractivity contribution in [2.24, 2.45) is 0 Å². The molecule has 3 heterocycles. The number of rotatable bonds is 5. The molecule has 38 heavy (non-hydrogen) atoms. The molecule has 1 aromatic rings. The molecular formula is C22H30F6N4O6. The first kappa shape index (κ1) is 33.0. The number of hydrogen-bond acceptors (Lipinski definition) is 7. The van der Waals surface area contributed by atoms with Crippen molar-refractivity contribution < 1.29 is 55.7 Å². The van der Waals surface area contributed by atoms with Crippen LogP contribution in [0.3, 0.4) is 0 Å². The SMILES string of the molecule is Cc1cccc(CN2CCN3C[C@H](OCC(=O)N(C)C)C[C@H]3C2)n1.O=C(O)C(F)(F)F.O=C(O)C(F)(F)F. The minimum absolute atomic E-state index is 0.0343. The average Bonchev–Trinajstić information content (AvgIpc) is 3.19. The molecule has 1 amide bonds. The molecule has 0 aromatic carbocycles. The highest BCUT2D eigenvalue weighted by Crippen LogP contribution is 2.25. The van der Waals surface area contributed by atoms with Crippen LogP contribution in [0.15, 0.2) is 18.2 Å². The quantitative estimate of drug-likeness (QED) is 0.521. The Hall–Kier alpha value is -2.98. The van der Waals surface area contributed by atoms with Crippen LogP contribution >= 0.6 is 0 Å². The molecule has 2 N–H and O–H groups in total. The maximum atomic E-state index is 11.7. The van der Waals surface area contributed by atoms with Crippen molar-refractivity contribution in [1.82, 2.24) is 19.7 Å². The van der Waals surface area contributed by atoms with Gasteiger partial charge in [-0.2, -0.15) is 26.3 Å². The molecule has 0 spiro atoms. The molecular weight excluding hydrogens is 530 g/mol. The number of nitrogens with zero attached hydrogens (tertiary/aromatic N) is 4. The minimum Gasteiger partial charge on any atom is -0.475 e. The second kappa shape index (κ2) is 14.2. The fourth-order valence-corrected chi connectivity index (χ4v) is 3.56. The molecule has 0 saturated carbocycles. The largest absolute Gasteiger partial charge is 0.490 e. The third kappa shape index (κ3) is 12.0. The molecule has 2 fully saturated rings. The highest BCUT2D eigenvalue weighted by molar-refractivity contribution is 5.76. The number of pyridine rings is 1. The molecule has 16 heteroatoms. The van der Waals surface area contributed by atoms with Gasteiger partial charge in [0, 0.05) is 58.6 Å². The Morgan fingerprint density at radius 2 is 1.58 bits per heavy atom. The van der Waals surface area contributed by atoms with Gasteiger partial charge in [-0.05, 0) is 25.5 Å². The normalized spacial score (nSPS) is 19.8.